The summed E-state index contributed by atoms with van der Waals surface area (Å²) in [6.07, 6.45) is 1.72. The topological polar surface area (TPSA) is 34.9 Å². The van der Waals surface area contributed by atoms with Crippen molar-refractivity contribution >= 4 is 12.6 Å². The van der Waals surface area contributed by atoms with Crippen LogP contribution in [0, 0.1) is 18.8 Å². The lowest BCUT2D eigenvalue weighted by atomic mass is 9.98. The van der Waals surface area contributed by atoms with E-state index in [1.807, 2.05) is 6.92 Å². The summed E-state index contributed by atoms with van der Waals surface area (Å²) in [6.45, 7) is 6.80. The Balaban J connectivity index is 2.84. The third kappa shape index (κ3) is 3.38. The molecular weight excluding hydrogens is 208 g/mol. The number of rotatable bonds is 4. The van der Waals surface area contributed by atoms with Crippen LogP contribution in [0.4, 0.5) is 0 Å². The van der Waals surface area contributed by atoms with Crippen molar-refractivity contribution in [3.05, 3.63) is 28.2 Å². The predicted molar refractivity (Wildman–Crippen MR) is 65.4 cm³/mol. The van der Waals surface area contributed by atoms with E-state index in [1.54, 1.807) is 12.3 Å². The monoisotopic (exact) mass is 226 g/mol. The zero-order valence-electron chi connectivity index (χ0n) is 9.47. The first-order valence-corrected chi connectivity index (χ1v) is 5.82. The molecule has 1 aromatic heterocycles. The Morgan fingerprint density at radius 1 is 1.53 bits per heavy atom. The van der Waals surface area contributed by atoms with Crippen LogP contribution in [0.3, 0.4) is 0 Å². The van der Waals surface area contributed by atoms with Crippen LogP contribution in [0.2, 0.25) is 0 Å². The molecule has 1 atom stereocenters. The zero-order chi connectivity index (χ0) is 11.4. The van der Waals surface area contributed by atoms with Gasteiger partial charge in [0.25, 0.3) is 5.56 Å². The van der Waals surface area contributed by atoms with Gasteiger partial charge < -0.3 is 0 Å². The molecule has 1 unspecified atom stereocenters. The summed E-state index contributed by atoms with van der Waals surface area (Å²) in [5, 5.41) is 4.12. The highest BCUT2D eigenvalue weighted by molar-refractivity contribution is 7.80. The maximum atomic E-state index is 11.6. The van der Waals surface area contributed by atoms with E-state index in [2.05, 4.69) is 31.6 Å². The van der Waals surface area contributed by atoms with Crippen molar-refractivity contribution in [3.63, 3.8) is 0 Å². The Hall–Kier alpha value is -0.770. The van der Waals surface area contributed by atoms with E-state index >= 15 is 0 Å². The first kappa shape index (κ1) is 12.3. The average Bonchev–Trinajstić information content (AvgIpc) is 2.16. The van der Waals surface area contributed by atoms with Crippen LogP contribution in [-0.2, 0) is 6.54 Å². The second-order valence-corrected chi connectivity index (χ2v) is 4.61. The predicted octanol–water partition coefficient (Wildman–Crippen LogP) is 1.75. The van der Waals surface area contributed by atoms with Crippen molar-refractivity contribution in [1.29, 1.82) is 0 Å². The van der Waals surface area contributed by atoms with Crippen molar-refractivity contribution in [2.75, 3.05) is 5.75 Å². The summed E-state index contributed by atoms with van der Waals surface area (Å²) in [6, 6.07) is 1.61. The Labute approximate surface area is 95.9 Å². The van der Waals surface area contributed by atoms with Gasteiger partial charge in [-0.1, -0.05) is 13.8 Å². The van der Waals surface area contributed by atoms with Crippen LogP contribution in [0.15, 0.2) is 17.1 Å². The summed E-state index contributed by atoms with van der Waals surface area (Å²) in [5.74, 6) is 1.68. The molecule has 84 valence electrons. The standard InChI is InChI=1S/C11H18N2OS/c1-8(2)10(7-15)6-13-11(14)4-9(3)5-12-13/h4-5,8,10,15H,6-7H2,1-3H3. The number of hydrogen-bond donors (Lipinski definition) is 1. The smallest absolute Gasteiger partial charge is 0.266 e. The van der Waals surface area contributed by atoms with Crippen LogP contribution < -0.4 is 5.56 Å². The molecule has 0 radical (unpaired) electrons. The second-order valence-electron chi connectivity index (χ2n) is 4.24. The van der Waals surface area contributed by atoms with E-state index in [0.29, 0.717) is 18.4 Å². The van der Waals surface area contributed by atoms with Gasteiger partial charge in [-0.15, -0.1) is 0 Å². The van der Waals surface area contributed by atoms with E-state index in [9.17, 15) is 4.79 Å². The molecule has 4 heteroatoms. The summed E-state index contributed by atoms with van der Waals surface area (Å²) in [4.78, 5) is 11.6. The van der Waals surface area contributed by atoms with Crippen LogP contribution in [0.5, 0.6) is 0 Å². The second kappa shape index (κ2) is 5.35. The van der Waals surface area contributed by atoms with Crippen molar-refractivity contribution in [1.82, 2.24) is 9.78 Å². The molecule has 0 fully saturated rings. The molecule has 3 nitrogen and oxygen atoms in total. The summed E-state index contributed by atoms with van der Waals surface area (Å²) < 4.78 is 1.52. The lowest BCUT2D eigenvalue weighted by molar-refractivity contribution is 0.347. The van der Waals surface area contributed by atoms with Gasteiger partial charge in [0.15, 0.2) is 0 Å². The molecule has 0 amide bonds. The molecule has 0 aliphatic rings. The lowest BCUT2D eigenvalue weighted by Gasteiger charge is -2.18. The fourth-order valence-electron chi connectivity index (χ4n) is 1.36. The molecule has 0 bridgehead atoms. The fraction of sp³-hybridized carbons (Fsp3) is 0.636. The van der Waals surface area contributed by atoms with E-state index in [-0.39, 0.29) is 5.56 Å². The molecule has 0 aliphatic heterocycles. The number of nitrogens with zero attached hydrogens (tertiary/aromatic N) is 2. The Morgan fingerprint density at radius 3 is 2.67 bits per heavy atom. The highest BCUT2D eigenvalue weighted by Crippen LogP contribution is 2.13. The van der Waals surface area contributed by atoms with Crippen molar-refractivity contribution < 1.29 is 0 Å². The van der Waals surface area contributed by atoms with Gasteiger partial charge in [0.1, 0.15) is 0 Å². The molecule has 0 N–H and O–H groups in total. The Kier molecular flexibility index (Phi) is 4.39. The molecule has 1 rings (SSSR count). The first-order chi connectivity index (χ1) is 7.04. The summed E-state index contributed by atoms with van der Waals surface area (Å²) in [5.41, 5.74) is 0.880. The number of aryl methyl sites for hydroxylation is 1. The first-order valence-electron chi connectivity index (χ1n) is 5.19. The Bertz CT molecular complexity index is 373. The van der Waals surface area contributed by atoms with Crippen LogP contribution in [-0.4, -0.2) is 15.5 Å². The van der Waals surface area contributed by atoms with Gasteiger partial charge in [-0.05, 0) is 30.1 Å². The third-order valence-corrected chi connectivity index (χ3v) is 3.06. The largest absolute Gasteiger partial charge is 0.268 e. The lowest BCUT2D eigenvalue weighted by Crippen LogP contribution is -2.28. The molecule has 0 saturated carbocycles. The van der Waals surface area contributed by atoms with Crippen LogP contribution >= 0.6 is 12.6 Å². The highest BCUT2D eigenvalue weighted by atomic mass is 32.1. The van der Waals surface area contributed by atoms with E-state index < -0.39 is 0 Å². The normalized spacial score (nSPS) is 13.1. The van der Waals surface area contributed by atoms with Crippen molar-refractivity contribution in [3.8, 4) is 0 Å². The minimum Gasteiger partial charge on any atom is -0.268 e. The molecular formula is C11H18N2OS. The SMILES string of the molecule is Cc1cnn(CC(CS)C(C)C)c(=O)c1. The average molecular weight is 226 g/mol. The maximum absolute atomic E-state index is 11.6. The van der Waals surface area contributed by atoms with E-state index in [0.717, 1.165) is 11.3 Å². The highest BCUT2D eigenvalue weighted by Gasteiger charge is 2.13. The molecule has 1 heterocycles. The van der Waals surface area contributed by atoms with Crippen LogP contribution in [0.25, 0.3) is 0 Å². The van der Waals surface area contributed by atoms with E-state index in [1.165, 1.54) is 4.68 Å². The quantitative estimate of drug-likeness (QED) is 0.794. The zero-order valence-corrected chi connectivity index (χ0v) is 10.4. The van der Waals surface area contributed by atoms with Crippen LogP contribution in [0.1, 0.15) is 19.4 Å². The minimum absolute atomic E-state index is 0.0255. The van der Waals surface area contributed by atoms with Gasteiger partial charge in [-0.3, -0.25) is 4.79 Å². The molecule has 0 aliphatic carbocycles. The number of aromatic nitrogens is 2. The van der Waals surface area contributed by atoms with Gasteiger partial charge in [0.05, 0.1) is 6.20 Å². The minimum atomic E-state index is -0.0255. The number of hydrogen-bond acceptors (Lipinski definition) is 3. The van der Waals surface area contributed by atoms with Gasteiger partial charge in [-0.25, -0.2) is 4.68 Å². The third-order valence-electron chi connectivity index (χ3n) is 2.59. The van der Waals surface area contributed by atoms with Crippen molar-refractivity contribution in [2.45, 2.75) is 27.3 Å². The molecule has 1 aromatic rings. The van der Waals surface area contributed by atoms with Gasteiger partial charge in [0, 0.05) is 12.6 Å². The van der Waals surface area contributed by atoms with Gasteiger partial charge in [0.2, 0.25) is 0 Å². The molecule has 15 heavy (non-hydrogen) atoms. The Morgan fingerprint density at radius 2 is 2.20 bits per heavy atom. The van der Waals surface area contributed by atoms with Crippen molar-refractivity contribution in [2.24, 2.45) is 11.8 Å². The summed E-state index contributed by atoms with van der Waals surface area (Å²) in [7, 11) is 0. The molecule has 0 spiro atoms. The molecule has 0 aromatic carbocycles. The van der Waals surface area contributed by atoms with E-state index in [4.69, 9.17) is 0 Å². The fourth-order valence-corrected chi connectivity index (χ4v) is 1.90. The van der Waals surface area contributed by atoms with Gasteiger partial charge >= 0.3 is 0 Å². The van der Waals surface area contributed by atoms with Gasteiger partial charge in [-0.2, -0.15) is 17.7 Å². The summed E-state index contributed by atoms with van der Waals surface area (Å²) >= 11 is 4.30. The number of thiol groups is 1. The molecule has 0 saturated heterocycles. The maximum Gasteiger partial charge on any atom is 0.266 e.